The second-order valence-corrected chi connectivity index (χ2v) is 3.19. The Hall–Kier alpha value is -0.970. The summed E-state index contributed by atoms with van der Waals surface area (Å²) in [4.78, 5) is 0. The third-order valence-corrected chi connectivity index (χ3v) is 2.19. The molecule has 84 valence electrons. The van der Waals surface area contributed by atoms with Crippen LogP contribution in [-0.4, -0.2) is 24.9 Å². The van der Waals surface area contributed by atoms with Crippen molar-refractivity contribution in [2.75, 3.05) is 19.8 Å². The first-order valence-electron chi connectivity index (χ1n) is 4.57. The molecule has 5 heteroatoms. The van der Waals surface area contributed by atoms with Crippen molar-refractivity contribution in [3.8, 4) is 11.5 Å². The van der Waals surface area contributed by atoms with Crippen LogP contribution in [0.5, 0.6) is 11.5 Å². The summed E-state index contributed by atoms with van der Waals surface area (Å²) >= 11 is 0. The minimum absolute atomic E-state index is 0. The van der Waals surface area contributed by atoms with E-state index in [0.29, 0.717) is 19.0 Å². The first kappa shape index (κ1) is 12.1. The highest BCUT2D eigenvalue weighted by molar-refractivity contribution is 5.85. The van der Waals surface area contributed by atoms with Crippen LogP contribution in [0.3, 0.4) is 0 Å². The number of hydrogen-bond donors (Lipinski definition) is 2. The lowest BCUT2D eigenvalue weighted by Crippen LogP contribution is -2.18. The number of aliphatic hydroxyl groups excluding tert-OH is 1. The predicted octanol–water partition coefficient (Wildman–Crippen LogP) is 0.872. The van der Waals surface area contributed by atoms with Gasteiger partial charge in [-0.25, -0.2) is 0 Å². The van der Waals surface area contributed by atoms with Crippen molar-refractivity contribution >= 4 is 12.4 Å². The van der Waals surface area contributed by atoms with Crippen molar-refractivity contribution in [3.05, 3.63) is 23.8 Å². The van der Waals surface area contributed by atoms with Gasteiger partial charge in [0.2, 0.25) is 0 Å². The summed E-state index contributed by atoms with van der Waals surface area (Å²) in [6.07, 6.45) is 0. The van der Waals surface area contributed by atoms with E-state index in [4.69, 9.17) is 20.3 Å². The van der Waals surface area contributed by atoms with Gasteiger partial charge in [-0.1, -0.05) is 6.07 Å². The van der Waals surface area contributed by atoms with E-state index >= 15 is 0 Å². The number of nitrogens with two attached hydrogens (primary N) is 1. The van der Waals surface area contributed by atoms with E-state index in [9.17, 15) is 0 Å². The highest BCUT2D eigenvalue weighted by atomic mass is 35.5. The van der Waals surface area contributed by atoms with Crippen LogP contribution in [0, 0.1) is 0 Å². The van der Waals surface area contributed by atoms with E-state index in [1.54, 1.807) is 0 Å². The Bertz CT molecular complexity index is 332. The summed E-state index contributed by atoms with van der Waals surface area (Å²) in [7, 11) is 0. The first-order chi connectivity index (χ1) is 6.81. The van der Waals surface area contributed by atoms with E-state index in [0.717, 1.165) is 11.3 Å². The molecule has 0 saturated carbocycles. The molecular formula is C10H14ClNO3. The van der Waals surface area contributed by atoms with E-state index in [-0.39, 0.29) is 25.1 Å². The summed E-state index contributed by atoms with van der Waals surface area (Å²) in [6.45, 7) is 1.07. The molecule has 3 N–H and O–H groups in total. The van der Waals surface area contributed by atoms with Crippen molar-refractivity contribution in [2.24, 2.45) is 5.73 Å². The summed E-state index contributed by atoms with van der Waals surface area (Å²) in [6, 6.07) is 5.12. The fourth-order valence-electron chi connectivity index (χ4n) is 1.40. The fraction of sp³-hybridized carbons (Fsp3) is 0.400. The smallest absolute Gasteiger partial charge is 0.161 e. The Kier molecular flexibility index (Phi) is 4.20. The van der Waals surface area contributed by atoms with Crippen LogP contribution in [0.25, 0.3) is 0 Å². The standard InChI is InChI=1S/C10H13NO3.ClH/c11-8(6-12)7-1-2-9-10(5-7)14-4-3-13-9;/h1-2,5,8,12H,3-4,6,11H2;1H/t8-;/m0./s1. The second kappa shape index (κ2) is 5.21. The molecule has 1 aromatic rings. The Morgan fingerprint density at radius 2 is 1.93 bits per heavy atom. The van der Waals surface area contributed by atoms with Crippen molar-refractivity contribution < 1.29 is 14.6 Å². The van der Waals surface area contributed by atoms with Gasteiger partial charge in [0.05, 0.1) is 12.6 Å². The minimum atomic E-state index is -0.356. The van der Waals surface area contributed by atoms with Gasteiger partial charge in [0.15, 0.2) is 11.5 Å². The average Bonchev–Trinajstić information content (AvgIpc) is 2.27. The molecule has 1 aromatic carbocycles. The molecule has 0 spiro atoms. The van der Waals surface area contributed by atoms with Crippen LogP contribution in [0.2, 0.25) is 0 Å². The lowest BCUT2D eigenvalue weighted by Gasteiger charge is -2.19. The van der Waals surface area contributed by atoms with Crippen molar-refractivity contribution in [1.82, 2.24) is 0 Å². The molecule has 1 heterocycles. The number of fused-ring (bicyclic) bond motifs is 1. The largest absolute Gasteiger partial charge is 0.486 e. The molecule has 1 atom stereocenters. The van der Waals surface area contributed by atoms with E-state index in [2.05, 4.69) is 0 Å². The van der Waals surface area contributed by atoms with E-state index in [1.807, 2.05) is 18.2 Å². The molecular weight excluding hydrogens is 218 g/mol. The number of hydrogen-bond acceptors (Lipinski definition) is 4. The molecule has 1 aliphatic rings. The van der Waals surface area contributed by atoms with Gasteiger partial charge < -0.3 is 20.3 Å². The lowest BCUT2D eigenvalue weighted by molar-refractivity contribution is 0.171. The van der Waals surface area contributed by atoms with Crippen LogP contribution >= 0.6 is 12.4 Å². The molecule has 0 fully saturated rings. The van der Waals surface area contributed by atoms with Crippen LogP contribution in [0.4, 0.5) is 0 Å². The van der Waals surface area contributed by atoms with Crippen LogP contribution in [-0.2, 0) is 0 Å². The molecule has 15 heavy (non-hydrogen) atoms. The molecule has 4 nitrogen and oxygen atoms in total. The number of aliphatic hydroxyl groups is 1. The molecule has 0 amide bonds. The maximum Gasteiger partial charge on any atom is 0.161 e. The number of halogens is 1. The normalized spacial score (nSPS) is 15.3. The van der Waals surface area contributed by atoms with Crippen LogP contribution in [0.1, 0.15) is 11.6 Å². The highest BCUT2D eigenvalue weighted by Crippen LogP contribution is 2.31. The summed E-state index contributed by atoms with van der Waals surface area (Å²) in [5, 5.41) is 8.90. The second-order valence-electron chi connectivity index (χ2n) is 3.19. The van der Waals surface area contributed by atoms with Gasteiger partial charge in [-0.2, -0.15) is 0 Å². The lowest BCUT2D eigenvalue weighted by atomic mass is 10.1. The summed E-state index contributed by atoms with van der Waals surface area (Å²) in [5.41, 5.74) is 6.54. The molecule has 1 aliphatic heterocycles. The van der Waals surface area contributed by atoms with Gasteiger partial charge in [-0.05, 0) is 17.7 Å². The van der Waals surface area contributed by atoms with Gasteiger partial charge in [0.1, 0.15) is 13.2 Å². The Morgan fingerprint density at radius 1 is 1.27 bits per heavy atom. The van der Waals surface area contributed by atoms with Gasteiger partial charge >= 0.3 is 0 Å². The summed E-state index contributed by atoms with van der Waals surface area (Å²) < 4.78 is 10.8. The molecule has 2 rings (SSSR count). The zero-order valence-electron chi connectivity index (χ0n) is 8.18. The average molecular weight is 232 g/mol. The number of ether oxygens (including phenoxy) is 2. The SMILES string of the molecule is Cl.N[C@@H](CO)c1ccc2c(c1)OCCO2. The third kappa shape index (κ3) is 2.53. The quantitative estimate of drug-likeness (QED) is 0.793. The molecule has 0 aliphatic carbocycles. The molecule has 0 radical (unpaired) electrons. The molecule has 0 unspecified atom stereocenters. The molecule has 0 aromatic heterocycles. The Balaban J connectivity index is 0.00000112. The van der Waals surface area contributed by atoms with Gasteiger partial charge in [0.25, 0.3) is 0 Å². The Labute approximate surface area is 94.4 Å². The predicted molar refractivity (Wildman–Crippen MR) is 58.7 cm³/mol. The third-order valence-electron chi connectivity index (χ3n) is 2.19. The minimum Gasteiger partial charge on any atom is -0.486 e. The molecule has 0 bridgehead atoms. The van der Waals surface area contributed by atoms with E-state index < -0.39 is 0 Å². The van der Waals surface area contributed by atoms with Crippen molar-refractivity contribution in [3.63, 3.8) is 0 Å². The van der Waals surface area contributed by atoms with Crippen molar-refractivity contribution in [2.45, 2.75) is 6.04 Å². The van der Waals surface area contributed by atoms with Crippen LogP contribution in [0.15, 0.2) is 18.2 Å². The maximum atomic E-state index is 8.90. The number of benzene rings is 1. The van der Waals surface area contributed by atoms with Gasteiger partial charge in [-0.15, -0.1) is 12.4 Å². The zero-order chi connectivity index (χ0) is 9.97. The summed E-state index contributed by atoms with van der Waals surface area (Å²) in [5.74, 6) is 1.45. The maximum absolute atomic E-state index is 8.90. The Morgan fingerprint density at radius 3 is 2.60 bits per heavy atom. The topological polar surface area (TPSA) is 64.7 Å². The van der Waals surface area contributed by atoms with E-state index in [1.165, 1.54) is 0 Å². The zero-order valence-corrected chi connectivity index (χ0v) is 9.00. The fourth-order valence-corrected chi connectivity index (χ4v) is 1.40. The van der Waals surface area contributed by atoms with Crippen molar-refractivity contribution in [1.29, 1.82) is 0 Å². The van der Waals surface area contributed by atoms with Gasteiger partial charge in [0, 0.05) is 0 Å². The monoisotopic (exact) mass is 231 g/mol. The molecule has 0 saturated heterocycles. The van der Waals surface area contributed by atoms with Gasteiger partial charge in [-0.3, -0.25) is 0 Å². The highest BCUT2D eigenvalue weighted by Gasteiger charge is 2.13. The van der Waals surface area contributed by atoms with Crippen LogP contribution < -0.4 is 15.2 Å². The first-order valence-corrected chi connectivity index (χ1v) is 4.57. The number of rotatable bonds is 2.